The van der Waals surface area contributed by atoms with Gasteiger partial charge in [0.05, 0.1) is 80.0 Å². The fraction of sp³-hybridized carbons (Fsp3) is 1.00. The van der Waals surface area contributed by atoms with E-state index in [2.05, 4.69) is 101 Å². The number of nitrogens with zero attached hydrogens (tertiary/aromatic N) is 12. The van der Waals surface area contributed by atoms with Gasteiger partial charge in [-0.2, -0.15) is 0 Å². The third-order valence-electron chi connectivity index (χ3n) is 7.49. The molecule has 0 aromatic rings. The Kier molecular flexibility index (Phi) is 10.7. The van der Waals surface area contributed by atoms with E-state index in [9.17, 15) is 0 Å². The Morgan fingerprint density at radius 3 is 0.611 bits per heavy atom. The average molecular weight is 511 g/mol. The van der Waals surface area contributed by atoms with Gasteiger partial charge in [-0.15, -0.1) is 0 Å². The first kappa shape index (κ1) is 28.5. The molecule has 4 saturated heterocycles. The molecule has 0 amide bonds. The van der Waals surface area contributed by atoms with Crippen molar-refractivity contribution in [3.8, 4) is 0 Å². The highest BCUT2D eigenvalue weighted by molar-refractivity contribution is 4.76. The standard InChI is InChI=1S/C24H54N12/c1-25-13-26(2)17-31(16-25)7-10-34-22-35(11-8-32-18-27(3)14-28(4)19-32)24-36(23-34)12-9-33-20-29(5)15-30(6)21-33/h7-24H2,1-6H3. The van der Waals surface area contributed by atoms with Crippen molar-refractivity contribution in [2.24, 2.45) is 0 Å². The van der Waals surface area contributed by atoms with Crippen LogP contribution in [-0.4, -0.2) is 220 Å². The van der Waals surface area contributed by atoms with Crippen molar-refractivity contribution in [3.63, 3.8) is 0 Å². The van der Waals surface area contributed by atoms with Crippen molar-refractivity contribution in [2.75, 3.05) is 162 Å². The maximum absolute atomic E-state index is 2.67. The van der Waals surface area contributed by atoms with E-state index >= 15 is 0 Å². The molecule has 0 aliphatic carbocycles. The lowest BCUT2D eigenvalue weighted by atomic mass is 10.3. The quantitative estimate of drug-likeness (QED) is 0.342. The summed E-state index contributed by atoms with van der Waals surface area (Å²) in [6, 6.07) is 0. The number of hydrogen-bond acceptors (Lipinski definition) is 12. The summed E-state index contributed by atoms with van der Waals surface area (Å²) in [5.74, 6) is 0. The van der Waals surface area contributed by atoms with Gasteiger partial charge >= 0.3 is 0 Å². The fourth-order valence-corrected chi connectivity index (χ4v) is 6.37. The van der Waals surface area contributed by atoms with Gasteiger partial charge in [-0.25, -0.2) is 0 Å². The first-order chi connectivity index (χ1) is 17.2. The molecule has 0 aromatic carbocycles. The molecular formula is C24H54N12. The van der Waals surface area contributed by atoms with Crippen LogP contribution in [0.25, 0.3) is 0 Å². The van der Waals surface area contributed by atoms with Crippen LogP contribution >= 0.6 is 0 Å². The monoisotopic (exact) mass is 510 g/mol. The second kappa shape index (κ2) is 13.5. The summed E-state index contributed by atoms with van der Waals surface area (Å²) in [6.07, 6.45) is 0. The molecule has 4 aliphatic heterocycles. The van der Waals surface area contributed by atoms with Crippen LogP contribution in [0, 0.1) is 0 Å². The van der Waals surface area contributed by atoms with E-state index in [1.54, 1.807) is 0 Å². The first-order valence-electron chi connectivity index (χ1n) is 13.7. The van der Waals surface area contributed by atoms with Gasteiger partial charge in [0.25, 0.3) is 0 Å². The van der Waals surface area contributed by atoms with Crippen molar-refractivity contribution in [3.05, 3.63) is 0 Å². The second-order valence-corrected chi connectivity index (χ2v) is 12.2. The molecule has 0 bridgehead atoms. The van der Waals surface area contributed by atoms with Crippen LogP contribution in [0.1, 0.15) is 0 Å². The molecule has 0 unspecified atom stereocenters. The van der Waals surface area contributed by atoms with Gasteiger partial charge in [0.15, 0.2) is 0 Å². The maximum atomic E-state index is 2.67. The van der Waals surface area contributed by atoms with E-state index < -0.39 is 0 Å². The van der Waals surface area contributed by atoms with Gasteiger partial charge < -0.3 is 0 Å². The molecule has 0 saturated carbocycles. The smallest absolute Gasteiger partial charge is 0.0531 e. The highest BCUT2D eigenvalue weighted by Crippen LogP contribution is 2.12. The molecule has 210 valence electrons. The summed E-state index contributed by atoms with van der Waals surface area (Å²) in [6.45, 7) is 19.5. The largest absolute Gasteiger partial charge is 0.280 e. The van der Waals surface area contributed by atoms with Gasteiger partial charge in [0.1, 0.15) is 0 Å². The summed E-state index contributed by atoms with van der Waals surface area (Å²) >= 11 is 0. The van der Waals surface area contributed by atoms with Crippen molar-refractivity contribution in [1.29, 1.82) is 0 Å². The van der Waals surface area contributed by atoms with E-state index in [-0.39, 0.29) is 0 Å². The van der Waals surface area contributed by atoms with Crippen LogP contribution < -0.4 is 0 Å². The van der Waals surface area contributed by atoms with Crippen LogP contribution in [0.3, 0.4) is 0 Å². The minimum atomic E-state index is 1.06. The molecule has 0 N–H and O–H groups in total. The van der Waals surface area contributed by atoms with Crippen LogP contribution in [0.15, 0.2) is 0 Å². The highest BCUT2D eigenvalue weighted by atomic mass is 15.5. The summed E-state index contributed by atoms with van der Waals surface area (Å²) in [5.41, 5.74) is 0. The Balaban J connectivity index is 1.29. The van der Waals surface area contributed by atoms with Crippen LogP contribution in [-0.2, 0) is 0 Å². The number of rotatable bonds is 9. The molecule has 4 fully saturated rings. The lowest BCUT2D eigenvalue weighted by molar-refractivity contribution is -0.0632. The average Bonchev–Trinajstić information content (AvgIpc) is 2.78. The zero-order chi connectivity index (χ0) is 25.7. The Bertz CT molecular complexity index is 533. The van der Waals surface area contributed by atoms with Gasteiger partial charge in [-0.3, -0.25) is 58.8 Å². The van der Waals surface area contributed by atoms with Crippen LogP contribution in [0.2, 0.25) is 0 Å². The maximum Gasteiger partial charge on any atom is 0.0531 e. The Hall–Kier alpha value is -0.480. The minimum absolute atomic E-state index is 1.06. The van der Waals surface area contributed by atoms with Crippen molar-refractivity contribution in [2.45, 2.75) is 0 Å². The third kappa shape index (κ3) is 9.07. The molecule has 0 atom stereocenters. The zero-order valence-electron chi connectivity index (χ0n) is 24.1. The Morgan fingerprint density at radius 2 is 0.417 bits per heavy atom. The van der Waals surface area contributed by atoms with Gasteiger partial charge in [0, 0.05) is 39.3 Å². The van der Waals surface area contributed by atoms with Gasteiger partial charge in [-0.1, -0.05) is 0 Å². The Morgan fingerprint density at radius 1 is 0.250 bits per heavy atom. The molecule has 36 heavy (non-hydrogen) atoms. The molecule has 12 nitrogen and oxygen atoms in total. The lowest BCUT2D eigenvalue weighted by Gasteiger charge is -2.46. The summed E-state index contributed by atoms with van der Waals surface area (Å²) in [5, 5.41) is 0. The molecule has 12 heteroatoms. The molecule has 0 spiro atoms. The predicted molar refractivity (Wildman–Crippen MR) is 145 cm³/mol. The first-order valence-corrected chi connectivity index (χ1v) is 13.7. The molecule has 4 heterocycles. The molecule has 0 aromatic heterocycles. The van der Waals surface area contributed by atoms with Crippen molar-refractivity contribution >= 4 is 0 Å². The van der Waals surface area contributed by atoms with E-state index in [1.807, 2.05) is 0 Å². The van der Waals surface area contributed by atoms with Crippen LogP contribution in [0.5, 0.6) is 0 Å². The summed E-state index contributed by atoms with van der Waals surface area (Å²) in [7, 11) is 13.3. The molecule has 0 radical (unpaired) electrons. The topological polar surface area (TPSA) is 38.9 Å². The summed E-state index contributed by atoms with van der Waals surface area (Å²) < 4.78 is 0. The highest BCUT2D eigenvalue weighted by Gasteiger charge is 2.27. The third-order valence-corrected chi connectivity index (χ3v) is 7.49. The van der Waals surface area contributed by atoms with Crippen molar-refractivity contribution in [1.82, 2.24) is 58.8 Å². The number of hydrogen-bond donors (Lipinski definition) is 0. The molecule has 4 rings (SSSR count). The zero-order valence-corrected chi connectivity index (χ0v) is 24.1. The summed E-state index contributed by atoms with van der Waals surface area (Å²) in [4.78, 5) is 30.1. The van der Waals surface area contributed by atoms with Crippen molar-refractivity contribution < 1.29 is 0 Å². The van der Waals surface area contributed by atoms with E-state index in [1.165, 1.54) is 0 Å². The fourth-order valence-electron chi connectivity index (χ4n) is 6.37. The molecular weight excluding hydrogens is 456 g/mol. The molecule has 4 aliphatic rings. The SMILES string of the molecule is CN1CN(C)CN(CCN2CN(CCN3CN(C)CN(C)C3)CN(CCN3CN(C)CN(C)C3)C2)C1. The van der Waals surface area contributed by atoms with E-state index in [4.69, 9.17) is 0 Å². The van der Waals surface area contributed by atoms with E-state index in [0.717, 1.165) is 119 Å². The Labute approximate surface area is 220 Å². The van der Waals surface area contributed by atoms with Gasteiger partial charge in [0.2, 0.25) is 0 Å². The normalized spacial score (nSPS) is 28.5. The lowest BCUT2D eigenvalue weighted by Crippen LogP contribution is -2.60. The van der Waals surface area contributed by atoms with Gasteiger partial charge in [-0.05, 0) is 42.3 Å². The van der Waals surface area contributed by atoms with Crippen LogP contribution in [0.4, 0.5) is 0 Å². The van der Waals surface area contributed by atoms with E-state index in [0.29, 0.717) is 0 Å². The second-order valence-electron chi connectivity index (χ2n) is 12.2. The predicted octanol–water partition coefficient (Wildman–Crippen LogP) is -2.07. The minimum Gasteiger partial charge on any atom is -0.280 e.